The average molecular weight is 315 g/mol. The smallest absolute Gasteiger partial charge is 0.210 e. The van der Waals surface area contributed by atoms with Crippen LogP contribution in [0, 0.1) is 6.92 Å². The molecule has 0 spiro atoms. The number of ether oxygens (including phenoxy) is 1. The molecule has 0 aromatic heterocycles. The first-order valence-electron chi connectivity index (χ1n) is 5.63. The number of aliphatic imine (C=N–C) groups is 1. The van der Waals surface area contributed by atoms with Gasteiger partial charge in [-0.25, -0.2) is 10.8 Å². The minimum absolute atomic E-state index is 0.0300. The van der Waals surface area contributed by atoms with Crippen LogP contribution in [0.15, 0.2) is 27.7 Å². The fraction of sp³-hybridized carbons (Fsp3) is 0.417. The van der Waals surface area contributed by atoms with E-state index in [1.807, 2.05) is 32.0 Å². The summed E-state index contributed by atoms with van der Waals surface area (Å²) < 4.78 is 6.06. The summed E-state index contributed by atoms with van der Waals surface area (Å²) in [7, 11) is 1.64. The average Bonchev–Trinajstić information content (AvgIpc) is 2.33. The van der Waals surface area contributed by atoms with Gasteiger partial charge in [0.25, 0.3) is 0 Å². The Bertz CT molecular complexity index is 423. The van der Waals surface area contributed by atoms with Crippen molar-refractivity contribution in [2.75, 3.05) is 19.0 Å². The summed E-state index contributed by atoms with van der Waals surface area (Å²) in [5, 5.41) is 3.11. The molecule has 1 atom stereocenters. The van der Waals surface area contributed by atoms with Crippen LogP contribution in [0.1, 0.15) is 12.5 Å². The van der Waals surface area contributed by atoms with Crippen LogP contribution in [0.4, 0.5) is 5.69 Å². The van der Waals surface area contributed by atoms with Crippen LogP contribution in [0.5, 0.6) is 0 Å². The Labute approximate surface area is 116 Å². The molecule has 0 saturated carbocycles. The summed E-state index contributed by atoms with van der Waals surface area (Å²) in [5.41, 5.74) is 4.63. The van der Waals surface area contributed by atoms with E-state index in [2.05, 4.69) is 31.7 Å². The first-order chi connectivity index (χ1) is 8.56. The number of nitrogens with one attached hydrogen (secondary N) is 2. The highest BCUT2D eigenvalue weighted by atomic mass is 79.9. The van der Waals surface area contributed by atoms with Gasteiger partial charge in [-0.1, -0.05) is 22.0 Å². The van der Waals surface area contributed by atoms with Gasteiger partial charge in [0.1, 0.15) is 0 Å². The number of anilines is 1. The number of hydrogen-bond donors (Lipinski definition) is 3. The van der Waals surface area contributed by atoms with E-state index in [0.717, 1.165) is 10.2 Å². The number of benzene rings is 1. The van der Waals surface area contributed by atoms with Crippen molar-refractivity contribution in [3.8, 4) is 0 Å². The molecule has 0 heterocycles. The van der Waals surface area contributed by atoms with Crippen molar-refractivity contribution in [3.63, 3.8) is 0 Å². The maximum absolute atomic E-state index is 5.44. The van der Waals surface area contributed by atoms with Gasteiger partial charge in [0, 0.05) is 17.3 Å². The van der Waals surface area contributed by atoms with Crippen molar-refractivity contribution < 1.29 is 4.74 Å². The SMILES string of the molecule is COCC(C)N=C(NN)Nc1ccc(C)c(Br)c1. The van der Waals surface area contributed by atoms with Crippen molar-refractivity contribution in [2.24, 2.45) is 10.8 Å². The summed E-state index contributed by atoms with van der Waals surface area (Å²) in [4.78, 5) is 4.36. The van der Waals surface area contributed by atoms with Gasteiger partial charge in [-0.2, -0.15) is 0 Å². The standard InChI is InChI=1S/C12H19BrN4O/c1-8-4-5-10(6-11(8)13)16-12(17-14)15-9(2)7-18-3/h4-6,9H,7,14H2,1-3H3,(H2,15,16,17). The van der Waals surface area contributed by atoms with E-state index in [-0.39, 0.29) is 6.04 Å². The third kappa shape index (κ3) is 4.64. The van der Waals surface area contributed by atoms with Gasteiger partial charge in [-0.05, 0) is 31.5 Å². The molecule has 6 heteroatoms. The van der Waals surface area contributed by atoms with Gasteiger partial charge in [-0.15, -0.1) is 0 Å². The Morgan fingerprint density at radius 1 is 1.56 bits per heavy atom. The molecule has 1 aromatic carbocycles. The second kappa shape index (κ2) is 7.35. The lowest BCUT2D eigenvalue weighted by molar-refractivity contribution is 0.185. The zero-order valence-electron chi connectivity index (χ0n) is 10.8. The Hall–Kier alpha value is -1.11. The summed E-state index contributed by atoms with van der Waals surface area (Å²) in [6.07, 6.45) is 0. The lowest BCUT2D eigenvalue weighted by Crippen LogP contribution is -2.37. The molecule has 1 aromatic rings. The predicted octanol–water partition coefficient (Wildman–Crippen LogP) is 2.02. The molecule has 1 unspecified atom stereocenters. The molecule has 0 aliphatic carbocycles. The number of hydrogen-bond acceptors (Lipinski definition) is 3. The molecule has 1 rings (SSSR count). The monoisotopic (exact) mass is 314 g/mol. The van der Waals surface area contributed by atoms with Crippen molar-refractivity contribution in [2.45, 2.75) is 19.9 Å². The van der Waals surface area contributed by atoms with Crippen LogP contribution in [0.3, 0.4) is 0 Å². The van der Waals surface area contributed by atoms with Gasteiger partial charge >= 0.3 is 0 Å². The highest BCUT2D eigenvalue weighted by Crippen LogP contribution is 2.20. The molecule has 0 bridgehead atoms. The third-order valence-corrected chi connectivity index (χ3v) is 3.18. The van der Waals surface area contributed by atoms with E-state index in [1.54, 1.807) is 7.11 Å². The minimum Gasteiger partial charge on any atom is -0.382 e. The van der Waals surface area contributed by atoms with Crippen LogP contribution in [-0.2, 0) is 4.74 Å². The third-order valence-electron chi connectivity index (χ3n) is 2.33. The van der Waals surface area contributed by atoms with Crippen LogP contribution in [0.2, 0.25) is 0 Å². The number of rotatable bonds is 4. The molecule has 18 heavy (non-hydrogen) atoms. The quantitative estimate of drug-likeness (QED) is 0.344. The van der Waals surface area contributed by atoms with Gasteiger partial charge in [0.2, 0.25) is 5.96 Å². The number of hydrazine groups is 1. The molecular formula is C12H19BrN4O. The van der Waals surface area contributed by atoms with Gasteiger partial charge < -0.3 is 10.1 Å². The number of halogens is 1. The molecule has 0 saturated heterocycles. The highest BCUT2D eigenvalue weighted by Gasteiger charge is 2.04. The van der Waals surface area contributed by atoms with E-state index in [9.17, 15) is 0 Å². The van der Waals surface area contributed by atoms with E-state index >= 15 is 0 Å². The largest absolute Gasteiger partial charge is 0.382 e. The summed E-state index contributed by atoms with van der Waals surface area (Å²) in [5.74, 6) is 5.95. The Balaban J connectivity index is 2.76. The Kier molecular flexibility index (Phi) is 6.11. The van der Waals surface area contributed by atoms with E-state index in [1.165, 1.54) is 5.56 Å². The molecule has 4 N–H and O–H groups in total. The van der Waals surface area contributed by atoms with Crippen molar-refractivity contribution >= 4 is 27.6 Å². The maximum atomic E-state index is 5.44. The fourth-order valence-corrected chi connectivity index (χ4v) is 1.79. The Morgan fingerprint density at radius 2 is 2.28 bits per heavy atom. The minimum atomic E-state index is 0.0300. The Morgan fingerprint density at radius 3 is 2.83 bits per heavy atom. The van der Waals surface area contributed by atoms with E-state index < -0.39 is 0 Å². The van der Waals surface area contributed by atoms with Crippen molar-refractivity contribution in [1.82, 2.24) is 5.43 Å². The molecule has 5 nitrogen and oxygen atoms in total. The lowest BCUT2D eigenvalue weighted by atomic mass is 10.2. The van der Waals surface area contributed by atoms with Crippen LogP contribution in [0.25, 0.3) is 0 Å². The van der Waals surface area contributed by atoms with Crippen LogP contribution < -0.4 is 16.6 Å². The fourth-order valence-electron chi connectivity index (χ4n) is 1.41. The first-order valence-corrected chi connectivity index (χ1v) is 6.42. The van der Waals surface area contributed by atoms with Crippen LogP contribution >= 0.6 is 15.9 Å². The molecule has 0 aliphatic rings. The molecule has 0 radical (unpaired) electrons. The summed E-state index contributed by atoms with van der Waals surface area (Å²) >= 11 is 3.48. The maximum Gasteiger partial charge on any atom is 0.210 e. The van der Waals surface area contributed by atoms with Crippen molar-refractivity contribution in [1.29, 1.82) is 0 Å². The number of aryl methyl sites for hydroxylation is 1. The molecule has 0 aliphatic heterocycles. The zero-order valence-corrected chi connectivity index (χ0v) is 12.4. The predicted molar refractivity (Wildman–Crippen MR) is 78.6 cm³/mol. The van der Waals surface area contributed by atoms with E-state index in [0.29, 0.717) is 12.6 Å². The highest BCUT2D eigenvalue weighted by molar-refractivity contribution is 9.10. The normalized spacial score (nSPS) is 13.3. The number of nitrogens with zero attached hydrogens (tertiary/aromatic N) is 1. The summed E-state index contributed by atoms with van der Waals surface area (Å²) in [6.45, 7) is 4.53. The molecule has 0 fully saturated rings. The van der Waals surface area contributed by atoms with Gasteiger partial charge in [0.05, 0.1) is 12.6 Å². The second-order valence-electron chi connectivity index (χ2n) is 4.02. The van der Waals surface area contributed by atoms with Gasteiger partial charge in [-0.3, -0.25) is 5.43 Å². The van der Waals surface area contributed by atoms with Crippen LogP contribution in [-0.4, -0.2) is 25.7 Å². The zero-order chi connectivity index (χ0) is 13.5. The molecule has 0 amide bonds. The lowest BCUT2D eigenvalue weighted by Gasteiger charge is -2.12. The summed E-state index contributed by atoms with van der Waals surface area (Å²) in [6, 6.07) is 5.98. The number of nitrogens with two attached hydrogens (primary N) is 1. The topological polar surface area (TPSA) is 71.7 Å². The molecule has 100 valence electrons. The van der Waals surface area contributed by atoms with Gasteiger partial charge in [0.15, 0.2) is 0 Å². The van der Waals surface area contributed by atoms with E-state index in [4.69, 9.17) is 10.6 Å². The molecular weight excluding hydrogens is 296 g/mol. The first kappa shape index (κ1) is 14.9. The van der Waals surface area contributed by atoms with Crippen molar-refractivity contribution in [3.05, 3.63) is 28.2 Å². The number of guanidine groups is 1. The number of methoxy groups -OCH3 is 1. The second-order valence-corrected chi connectivity index (χ2v) is 4.87.